The van der Waals surface area contributed by atoms with Crippen molar-refractivity contribution >= 4 is 23.4 Å². The highest BCUT2D eigenvalue weighted by molar-refractivity contribution is 6.23. The second-order valence-electron chi connectivity index (χ2n) is 6.35. The maximum Gasteiger partial charge on any atom is 0.262 e. The van der Waals surface area contributed by atoms with E-state index in [9.17, 15) is 14.4 Å². The molecule has 0 radical (unpaired) electrons. The lowest BCUT2D eigenvalue weighted by molar-refractivity contribution is -0.119. The van der Waals surface area contributed by atoms with Crippen molar-refractivity contribution in [3.8, 4) is 5.75 Å². The van der Waals surface area contributed by atoms with Crippen molar-refractivity contribution in [2.24, 2.45) is 0 Å². The van der Waals surface area contributed by atoms with E-state index in [4.69, 9.17) is 4.74 Å². The molecule has 6 nitrogen and oxygen atoms in total. The van der Waals surface area contributed by atoms with Gasteiger partial charge in [0.1, 0.15) is 11.8 Å². The van der Waals surface area contributed by atoms with Gasteiger partial charge in [-0.3, -0.25) is 19.3 Å². The van der Waals surface area contributed by atoms with E-state index in [1.807, 2.05) is 13.8 Å². The normalized spacial score (nSPS) is 14.4. The van der Waals surface area contributed by atoms with Crippen LogP contribution in [0.3, 0.4) is 0 Å². The number of anilines is 1. The van der Waals surface area contributed by atoms with Gasteiger partial charge in [0.15, 0.2) is 0 Å². The van der Waals surface area contributed by atoms with Gasteiger partial charge in [0.05, 0.1) is 22.9 Å². The largest absolute Gasteiger partial charge is 0.489 e. The molecule has 1 N–H and O–H groups in total. The summed E-state index contributed by atoms with van der Waals surface area (Å²) in [4.78, 5) is 38.7. The molecule has 26 heavy (non-hydrogen) atoms. The highest BCUT2D eigenvalue weighted by atomic mass is 16.5. The number of rotatable bonds is 5. The van der Waals surface area contributed by atoms with Crippen molar-refractivity contribution in [3.63, 3.8) is 0 Å². The van der Waals surface area contributed by atoms with Crippen LogP contribution in [0, 0.1) is 0 Å². The highest BCUT2D eigenvalue weighted by Gasteiger charge is 2.40. The zero-order valence-electron chi connectivity index (χ0n) is 14.9. The smallest absolute Gasteiger partial charge is 0.262 e. The average Bonchev–Trinajstić information content (AvgIpc) is 2.87. The van der Waals surface area contributed by atoms with Crippen LogP contribution >= 0.6 is 0 Å². The molecular weight excluding hydrogens is 332 g/mol. The van der Waals surface area contributed by atoms with Crippen LogP contribution in [-0.2, 0) is 4.79 Å². The number of nitrogens with one attached hydrogen (secondary N) is 1. The van der Waals surface area contributed by atoms with Gasteiger partial charge in [0.2, 0.25) is 5.91 Å². The molecular formula is C20H20N2O4. The number of carbonyl (C=O) groups is 3. The number of ether oxygens (including phenoxy) is 1. The first-order valence-corrected chi connectivity index (χ1v) is 8.43. The Labute approximate surface area is 151 Å². The molecule has 3 amide bonds. The van der Waals surface area contributed by atoms with Gasteiger partial charge in [-0.1, -0.05) is 24.3 Å². The Bertz CT molecular complexity index is 841. The summed E-state index contributed by atoms with van der Waals surface area (Å²) in [7, 11) is 0. The van der Waals surface area contributed by atoms with Gasteiger partial charge in [-0.25, -0.2) is 0 Å². The molecule has 0 saturated carbocycles. The van der Waals surface area contributed by atoms with E-state index in [1.54, 1.807) is 48.5 Å². The Kier molecular flexibility index (Phi) is 4.75. The number of hydrogen-bond acceptors (Lipinski definition) is 4. The molecule has 1 aliphatic rings. The predicted octanol–water partition coefficient (Wildman–Crippen LogP) is 3.10. The van der Waals surface area contributed by atoms with E-state index >= 15 is 0 Å². The van der Waals surface area contributed by atoms with Crippen molar-refractivity contribution in [1.29, 1.82) is 0 Å². The molecule has 0 spiro atoms. The van der Waals surface area contributed by atoms with Crippen LogP contribution in [0.25, 0.3) is 0 Å². The third kappa shape index (κ3) is 3.18. The second kappa shape index (κ2) is 7.00. The fourth-order valence-electron chi connectivity index (χ4n) is 2.84. The van der Waals surface area contributed by atoms with Crippen molar-refractivity contribution in [1.82, 2.24) is 4.90 Å². The zero-order valence-corrected chi connectivity index (χ0v) is 14.9. The summed E-state index contributed by atoms with van der Waals surface area (Å²) in [5, 5.41) is 2.75. The van der Waals surface area contributed by atoms with Crippen LogP contribution in [-0.4, -0.2) is 34.8 Å². The minimum Gasteiger partial charge on any atom is -0.489 e. The van der Waals surface area contributed by atoms with Gasteiger partial charge < -0.3 is 10.1 Å². The molecule has 6 heteroatoms. The summed E-state index contributed by atoms with van der Waals surface area (Å²) >= 11 is 0. The Hall–Kier alpha value is -3.15. The second-order valence-corrected chi connectivity index (χ2v) is 6.35. The maximum atomic E-state index is 12.7. The summed E-state index contributed by atoms with van der Waals surface area (Å²) in [6.07, 6.45) is -0.0540. The van der Waals surface area contributed by atoms with Crippen LogP contribution in [0.1, 0.15) is 41.5 Å². The molecule has 1 atom stereocenters. The molecule has 1 aliphatic heterocycles. The van der Waals surface area contributed by atoms with E-state index < -0.39 is 23.8 Å². The third-order valence-corrected chi connectivity index (χ3v) is 4.10. The van der Waals surface area contributed by atoms with Crippen LogP contribution < -0.4 is 10.1 Å². The Morgan fingerprint density at radius 3 is 2.04 bits per heavy atom. The molecule has 0 saturated heterocycles. The summed E-state index contributed by atoms with van der Waals surface area (Å²) in [5.74, 6) is -0.843. The Morgan fingerprint density at radius 2 is 1.46 bits per heavy atom. The van der Waals surface area contributed by atoms with Gasteiger partial charge in [-0.2, -0.15) is 0 Å². The molecule has 0 aliphatic carbocycles. The van der Waals surface area contributed by atoms with E-state index in [2.05, 4.69) is 5.32 Å². The molecule has 0 aromatic heterocycles. The van der Waals surface area contributed by atoms with E-state index in [1.165, 1.54) is 6.92 Å². The number of hydrogen-bond donors (Lipinski definition) is 1. The molecule has 0 bridgehead atoms. The molecule has 1 heterocycles. The minimum atomic E-state index is -0.950. The summed E-state index contributed by atoms with van der Waals surface area (Å²) < 4.78 is 5.68. The lowest BCUT2D eigenvalue weighted by Gasteiger charge is -2.22. The first-order valence-electron chi connectivity index (χ1n) is 8.43. The summed E-state index contributed by atoms with van der Waals surface area (Å²) in [6.45, 7) is 5.31. The lowest BCUT2D eigenvalue weighted by atomic mass is 10.1. The quantitative estimate of drug-likeness (QED) is 0.839. The molecule has 3 rings (SSSR count). The van der Waals surface area contributed by atoms with E-state index in [0.29, 0.717) is 22.6 Å². The number of carbonyl (C=O) groups excluding carboxylic acids is 3. The number of benzene rings is 2. The number of amides is 3. The van der Waals surface area contributed by atoms with Gasteiger partial charge in [0, 0.05) is 0 Å². The fourth-order valence-corrected chi connectivity index (χ4v) is 2.84. The molecule has 2 aromatic carbocycles. The maximum absolute atomic E-state index is 12.7. The predicted molar refractivity (Wildman–Crippen MR) is 97.2 cm³/mol. The van der Waals surface area contributed by atoms with Crippen LogP contribution in [0.4, 0.5) is 5.69 Å². The fraction of sp³-hybridized carbons (Fsp3) is 0.250. The Morgan fingerprint density at radius 1 is 0.923 bits per heavy atom. The van der Waals surface area contributed by atoms with E-state index in [-0.39, 0.29) is 6.10 Å². The highest BCUT2D eigenvalue weighted by Crippen LogP contribution is 2.27. The van der Waals surface area contributed by atoms with Crippen LogP contribution in [0.15, 0.2) is 48.5 Å². The van der Waals surface area contributed by atoms with Gasteiger partial charge in [0.25, 0.3) is 11.8 Å². The first kappa shape index (κ1) is 17.7. The topological polar surface area (TPSA) is 75.7 Å². The van der Waals surface area contributed by atoms with Crippen LogP contribution in [0.2, 0.25) is 0 Å². The lowest BCUT2D eigenvalue weighted by Crippen LogP contribution is -2.45. The number of imide groups is 1. The first-order chi connectivity index (χ1) is 12.4. The average molecular weight is 352 g/mol. The van der Waals surface area contributed by atoms with Crippen LogP contribution in [0.5, 0.6) is 5.75 Å². The number of para-hydroxylation sites is 2. The van der Waals surface area contributed by atoms with Crippen molar-refractivity contribution in [3.05, 3.63) is 59.7 Å². The van der Waals surface area contributed by atoms with Crippen molar-refractivity contribution in [2.45, 2.75) is 32.9 Å². The van der Waals surface area contributed by atoms with Gasteiger partial charge in [-0.15, -0.1) is 0 Å². The third-order valence-electron chi connectivity index (χ3n) is 4.10. The molecule has 1 unspecified atom stereocenters. The van der Waals surface area contributed by atoms with Crippen molar-refractivity contribution in [2.75, 3.05) is 5.32 Å². The monoisotopic (exact) mass is 352 g/mol. The van der Waals surface area contributed by atoms with Gasteiger partial charge >= 0.3 is 0 Å². The van der Waals surface area contributed by atoms with Crippen molar-refractivity contribution < 1.29 is 19.1 Å². The summed E-state index contributed by atoms with van der Waals surface area (Å²) in [6, 6.07) is 12.7. The molecule has 0 fully saturated rings. The zero-order chi connectivity index (χ0) is 18.8. The SMILES string of the molecule is CC(C)Oc1ccccc1NC(=O)C(C)N1C(=O)c2ccccc2C1=O. The number of fused-ring (bicyclic) bond motifs is 1. The Balaban J connectivity index is 1.80. The van der Waals surface area contributed by atoms with Gasteiger partial charge in [-0.05, 0) is 45.0 Å². The summed E-state index contributed by atoms with van der Waals surface area (Å²) in [5.41, 5.74) is 1.14. The number of nitrogens with zero attached hydrogens (tertiary/aromatic N) is 1. The molecule has 134 valence electrons. The minimum absolute atomic E-state index is 0.0540. The van der Waals surface area contributed by atoms with E-state index in [0.717, 1.165) is 4.90 Å². The molecule has 2 aromatic rings. The standard InChI is InChI=1S/C20H20N2O4/c1-12(2)26-17-11-7-6-10-16(17)21-18(23)13(3)22-19(24)14-8-4-5-9-15(14)20(22)25/h4-13H,1-3H3,(H,21,23).